The summed E-state index contributed by atoms with van der Waals surface area (Å²) in [6.45, 7) is 1.88. The van der Waals surface area contributed by atoms with Crippen LogP contribution in [-0.4, -0.2) is 30.0 Å². The monoisotopic (exact) mass is 269 g/mol. The quantitative estimate of drug-likeness (QED) is 0.643. The molecule has 1 amide bonds. The van der Waals surface area contributed by atoms with Gasteiger partial charge in [-0.3, -0.25) is 14.9 Å². The minimum atomic E-state index is -0.475. The minimum Gasteiger partial charge on any atom is -0.349 e. The van der Waals surface area contributed by atoms with Crippen LogP contribution in [-0.2, 0) is 0 Å². The number of nitro groups is 1. The van der Waals surface area contributed by atoms with Gasteiger partial charge in [0.05, 0.1) is 9.80 Å². The average molecular weight is 269 g/mol. The van der Waals surface area contributed by atoms with Crippen molar-refractivity contribution in [3.05, 3.63) is 27.1 Å². The molecule has 2 rings (SSSR count). The highest BCUT2D eigenvalue weighted by Crippen LogP contribution is 2.24. The van der Waals surface area contributed by atoms with E-state index in [1.54, 1.807) is 0 Å². The third-order valence-electron chi connectivity index (χ3n) is 2.91. The number of nitrogens with one attached hydrogen (secondary N) is 2. The second-order valence-electron chi connectivity index (χ2n) is 4.25. The van der Waals surface area contributed by atoms with E-state index in [0.717, 1.165) is 43.7 Å². The third kappa shape index (κ3) is 3.27. The summed E-state index contributed by atoms with van der Waals surface area (Å²) < 4.78 is 0. The summed E-state index contributed by atoms with van der Waals surface area (Å²) in [5, 5.41) is 16.8. The SMILES string of the molecule is O=C(NC1CCCNCC1)c1ccc([N+](=O)[O-])s1. The first-order chi connectivity index (χ1) is 8.66. The molecule has 1 saturated heterocycles. The fraction of sp³-hybridized carbons (Fsp3) is 0.545. The second kappa shape index (κ2) is 5.92. The lowest BCUT2D eigenvalue weighted by Crippen LogP contribution is -2.34. The van der Waals surface area contributed by atoms with Crippen molar-refractivity contribution in [3.63, 3.8) is 0 Å². The standard InChI is InChI=1S/C11H15N3O3S/c15-11(9-3-4-10(18-9)14(16)17)13-8-2-1-6-12-7-5-8/h3-4,8,12H,1-2,5-7H2,(H,13,15). The minimum absolute atomic E-state index is 0.00248. The Hall–Kier alpha value is -1.47. The maximum absolute atomic E-state index is 11.9. The predicted molar refractivity (Wildman–Crippen MR) is 68.9 cm³/mol. The molecule has 1 aromatic heterocycles. The summed E-state index contributed by atoms with van der Waals surface area (Å²) in [7, 11) is 0. The fourth-order valence-electron chi connectivity index (χ4n) is 1.97. The Morgan fingerprint density at radius 1 is 1.44 bits per heavy atom. The van der Waals surface area contributed by atoms with Crippen LogP contribution in [0, 0.1) is 10.1 Å². The first-order valence-electron chi connectivity index (χ1n) is 5.92. The Bertz CT molecular complexity index is 438. The van der Waals surface area contributed by atoms with Gasteiger partial charge in [-0.1, -0.05) is 11.3 Å². The van der Waals surface area contributed by atoms with Crippen molar-refractivity contribution in [2.45, 2.75) is 25.3 Å². The van der Waals surface area contributed by atoms with E-state index in [2.05, 4.69) is 10.6 Å². The smallest absolute Gasteiger partial charge is 0.324 e. The zero-order valence-corrected chi connectivity index (χ0v) is 10.7. The Morgan fingerprint density at radius 2 is 2.28 bits per heavy atom. The van der Waals surface area contributed by atoms with E-state index < -0.39 is 4.92 Å². The third-order valence-corrected chi connectivity index (χ3v) is 3.94. The maximum Gasteiger partial charge on any atom is 0.324 e. The molecule has 1 fully saturated rings. The molecule has 2 N–H and O–H groups in total. The van der Waals surface area contributed by atoms with Crippen LogP contribution in [0.1, 0.15) is 28.9 Å². The summed E-state index contributed by atoms with van der Waals surface area (Å²) in [6, 6.07) is 3.04. The van der Waals surface area contributed by atoms with Crippen LogP contribution in [0.4, 0.5) is 5.00 Å². The molecule has 6 nitrogen and oxygen atoms in total. The summed E-state index contributed by atoms with van der Waals surface area (Å²) in [6.07, 6.45) is 2.89. The molecule has 0 aliphatic carbocycles. The highest BCUT2D eigenvalue weighted by atomic mass is 32.1. The van der Waals surface area contributed by atoms with Gasteiger partial charge >= 0.3 is 5.00 Å². The summed E-state index contributed by atoms with van der Waals surface area (Å²) in [5.74, 6) is -0.208. The van der Waals surface area contributed by atoms with Crippen LogP contribution in [0.3, 0.4) is 0 Å². The molecule has 7 heteroatoms. The summed E-state index contributed by atoms with van der Waals surface area (Å²) in [4.78, 5) is 22.4. The molecule has 1 atom stereocenters. The van der Waals surface area contributed by atoms with E-state index in [9.17, 15) is 14.9 Å². The van der Waals surface area contributed by atoms with Gasteiger partial charge in [0, 0.05) is 12.1 Å². The van der Waals surface area contributed by atoms with E-state index in [-0.39, 0.29) is 17.0 Å². The van der Waals surface area contributed by atoms with Crippen molar-refractivity contribution in [1.82, 2.24) is 10.6 Å². The molecule has 1 unspecified atom stereocenters. The van der Waals surface area contributed by atoms with Gasteiger partial charge in [0.15, 0.2) is 0 Å². The van der Waals surface area contributed by atoms with Gasteiger partial charge in [-0.15, -0.1) is 0 Å². The molecule has 0 radical (unpaired) electrons. The van der Waals surface area contributed by atoms with Crippen LogP contribution < -0.4 is 10.6 Å². The van der Waals surface area contributed by atoms with Gasteiger partial charge in [0.2, 0.25) is 0 Å². The predicted octanol–water partition coefficient (Wildman–Crippen LogP) is 1.53. The lowest BCUT2D eigenvalue weighted by atomic mass is 10.1. The number of hydrogen-bond acceptors (Lipinski definition) is 5. The van der Waals surface area contributed by atoms with Crippen molar-refractivity contribution < 1.29 is 9.72 Å². The molecular weight excluding hydrogens is 254 g/mol. The maximum atomic E-state index is 11.9. The Kier molecular flexibility index (Phi) is 4.27. The number of hydrogen-bond donors (Lipinski definition) is 2. The number of amides is 1. The van der Waals surface area contributed by atoms with Crippen LogP contribution in [0.15, 0.2) is 12.1 Å². The first-order valence-corrected chi connectivity index (χ1v) is 6.74. The molecule has 0 saturated carbocycles. The van der Waals surface area contributed by atoms with E-state index in [1.807, 2.05) is 0 Å². The van der Waals surface area contributed by atoms with Gasteiger partial charge in [-0.2, -0.15) is 0 Å². The number of carbonyl (C=O) groups excluding carboxylic acids is 1. The van der Waals surface area contributed by atoms with Gasteiger partial charge in [0.25, 0.3) is 5.91 Å². The molecule has 98 valence electrons. The van der Waals surface area contributed by atoms with Crippen LogP contribution in [0.25, 0.3) is 0 Å². The zero-order chi connectivity index (χ0) is 13.0. The van der Waals surface area contributed by atoms with Gasteiger partial charge in [-0.05, 0) is 38.4 Å². The van der Waals surface area contributed by atoms with Crippen molar-refractivity contribution in [1.29, 1.82) is 0 Å². The van der Waals surface area contributed by atoms with Crippen molar-refractivity contribution in [2.24, 2.45) is 0 Å². The molecule has 1 aliphatic heterocycles. The highest BCUT2D eigenvalue weighted by Gasteiger charge is 2.19. The van der Waals surface area contributed by atoms with Crippen LogP contribution in [0.5, 0.6) is 0 Å². The Balaban J connectivity index is 1.95. The number of carbonyl (C=O) groups is 1. The first kappa shape index (κ1) is 13.0. The number of rotatable bonds is 3. The van der Waals surface area contributed by atoms with E-state index in [4.69, 9.17) is 0 Å². The summed E-state index contributed by atoms with van der Waals surface area (Å²) >= 11 is 0.916. The van der Waals surface area contributed by atoms with Crippen molar-refractivity contribution in [3.8, 4) is 0 Å². The average Bonchev–Trinajstić information content (AvgIpc) is 2.70. The van der Waals surface area contributed by atoms with Crippen LogP contribution >= 0.6 is 11.3 Å². The van der Waals surface area contributed by atoms with Crippen molar-refractivity contribution in [2.75, 3.05) is 13.1 Å². The second-order valence-corrected chi connectivity index (χ2v) is 5.31. The molecule has 0 bridgehead atoms. The van der Waals surface area contributed by atoms with Crippen molar-refractivity contribution >= 4 is 22.2 Å². The largest absolute Gasteiger partial charge is 0.349 e. The zero-order valence-electron chi connectivity index (χ0n) is 9.85. The number of nitrogens with zero attached hydrogens (tertiary/aromatic N) is 1. The van der Waals surface area contributed by atoms with Gasteiger partial charge in [-0.25, -0.2) is 0 Å². The van der Waals surface area contributed by atoms with E-state index in [1.165, 1.54) is 12.1 Å². The lowest BCUT2D eigenvalue weighted by molar-refractivity contribution is -0.380. The van der Waals surface area contributed by atoms with Crippen LogP contribution in [0.2, 0.25) is 0 Å². The normalized spacial score (nSPS) is 20.1. The number of thiophene rings is 1. The molecule has 1 aromatic rings. The molecule has 0 spiro atoms. The van der Waals surface area contributed by atoms with Gasteiger partial charge < -0.3 is 10.6 Å². The molecule has 2 heterocycles. The van der Waals surface area contributed by atoms with E-state index in [0.29, 0.717) is 4.88 Å². The molecule has 0 aromatic carbocycles. The highest BCUT2D eigenvalue weighted by molar-refractivity contribution is 7.17. The lowest BCUT2D eigenvalue weighted by Gasteiger charge is -2.14. The molecule has 1 aliphatic rings. The Morgan fingerprint density at radius 3 is 3.00 bits per heavy atom. The van der Waals surface area contributed by atoms with E-state index >= 15 is 0 Å². The summed E-state index contributed by atoms with van der Waals surface area (Å²) in [5.41, 5.74) is 0. The Labute approximate surface area is 109 Å². The molecular formula is C11H15N3O3S. The van der Waals surface area contributed by atoms with Gasteiger partial charge in [0.1, 0.15) is 0 Å². The molecule has 18 heavy (non-hydrogen) atoms. The topological polar surface area (TPSA) is 84.3 Å². The fourth-order valence-corrected chi connectivity index (χ4v) is 2.69.